The predicted octanol–water partition coefficient (Wildman–Crippen LogP) is 3.02. The van der Waals surface area contributed by atoms with Gasteiger partial charge in [-0.2, -0.15) is 5.10 Å². The highest BCUT2D eigenvalue weighted by Gasteiger charge is 1.95. The molecule has 0 saturated heterocycles. The maximum atomic E-state index is 4.16. The number of hydrogen-bond acceptors (Lipinski definition) is 3. The van der Waals surface area contributed by atoms with Crippen molar-refractivity contribution in [3.63, 3.8) is 0 Å². The van der Waals surface area contributed by atoms with Crippen molar-refractivity contribution in [2.45, 2.75) is 34.6 Å². The number of aromatic nitrogens is 4. The lowest BCUT2D eigenvalue weighted by molar-refractivity contribution is 0.833. The van der Waals surface area contributed by atoms with Crippen molar-refractivity contribution in [3.05, 3.63) is 36.5 Å². The van der Waals surface area contributed by atoms with Crippen molar-refractivity contribution >= 4 is 0 Å². The second-order valence-corrected chi connectivity index (χ2v) is 2.47. The Hall–Kier alpha value is -1.71. The first kappa shape index (κ1) is 14.3. The Morgan fingerprint density at radius 2 is 1.69 bits per heavy atom. The second kappa shape index (κ2) is 8.59. The summed E-state index contributed by atoms with van der Waals surface area (Å²) in [4.78, 5) is 8.27. The summed E-state index contributed by atoms with van der Waals surface area (Å²) in [6, 6.07) is 1.85. The molecule has 0 aliphatic carbocycles. The average Bonchev–Trinajstić information content (AvgIpc) is 2.89. The van der Waals surface area contributed by atoms with E-state index in [2.05, 4.69) is 15.1 Å². The van der Waals surface area contributed by atoms with Crippen LogP contribution in [0.4, 0.5) is 0 Å². The monoisotopic (exact) mass is 220 g/mol. The number of aryl methyl sites for hydroxylation is 1. The van der Waals surface area contributed by atoms with Gasteiger partial charge in [-0.25, -0.2) is 9.67 Å². The van der Waals surface area contributed by atoms with Gasteiger partial charge in [0, 0.05) is 12.4 Å². The minimum absolute atomic E-state index is 0.741. The summed E-state index contributed by atoms with van der Waals surface area (Å²) in [5, 5.41) is 4.03. The third-order valence-electron chi connectivity index (χ3n) is 1.51. The zero-order valence-electron chi connectivity index (χ0n) is 10.7. The number of hydrogen-bond donors (Lipinski definition) is 0. The smallest absolute Gasteiger partial charge is 0.171 e. The van der Waals surface area contributed by atoms with Crippen LogP contribution in [-0.4, -0.2) is 19.7 Å². The van der Waals surface area contributed by atoms with E-state index in [9.17, 15) is 0 Å². The van der Waals surface area contributed by atoms with E-state index in [0.29, 0.717) is 0 Å². The summed E-state index contributed by atoms with van der Waals surface area (Å²) in [5.41, 5.74) is 0.908. The van der Waals surface area contributed by atoms with E-state index in [4.69, 9.17) is 0 Å². The highest BCUT2D eigenvalue weighted by molar-refractivity contribution is 5.16. The van der Waals surface area contributed by atoms with Crippen LogP contribution in [0.25, 0.3) is 5.82 Å². The zero-order valence-corrected chi connectivity index (χ0v) is 10.7. The Labute approximate surface area is 97.4 Å². The van der Waals surface area contributed by atoms with Gasteiger partial charge in [0.15, 0.2) is 5.82 Å². The minimum atomic E-state index is 0.741. The molecular formula is C12H20N4. The van der Waals surface area contributed by atoms with Gasteiger partial charge in [0.1, 0.15) is 0 Å². The van der Waals surface area contributed by atoms with Crippen LogP contribution in [0.1, 0.15) is 33.4 Å². The van der Waals surface area contributed by atoms with E-state index < -0.39 is 0 Å². The molecule has 0 aromatic carbocycles. The Balaban J connectivity index is 0.000000509. The van der Waals surface area contributed by atoms with Crippen molar-refractivity contribution in [1.29, 1.82) is 0 Å². The molecule has 0 atom stereocenters. The third kappa shape index (κ3) is 4.21. The van der Waals surface area contributed by atoms with Gasteiger partial charge < -0.3 is 0 Å². The van der Waals surface area contributed by atoms with Gasteiger partial charge in [-0.3, -0.25) is 4.98 Å². The fourth-order valence-corrected chi connectivity index (χ4v) is 0.908. The molecule has 4 heteroatoms. The van der Waals surface area contributed by atoms with Gasteiger partial charge in [-0.1, -0.05) is 27.7 Å². The normalized spacial score (nSPS) is 8.31. The van der Waals surface area contributed by atoms with Crippen LogP contribution in [0.3, 0.4) is 0 Å². The highest BCUT2D eigenvalue weighted by atomic mass is 15.3. The van der Waals surface area contributed by atoms with Crippen LogP contribution >= 0.6 is 0 Å². The van der Waals surface area contributed by atoms with E-state index >= 15 is 0 Å². The molecule has 0 N–H and O–H groups in total. The van der Waals surface area contributed by atoms with E-state index in [0.717, 1.165) is 11.5 Å². The summed E-state index contributed by atoms with van der Waals surface area (Å²) >= 11 is 0. The van der Waals surface area contributed by atoms with Gasteiger partial charge in [-0.05, 0) is 13.0 Å². The predicted molar refractivity (Wildman–Crippen MR) is 66.6 cm³/mol. The van der Waals surface area contributed by atoms with Gasteiger partial charge in [0.2, 0.25) is 0 Å². The van der Waals surface area contributed by atoms with Crippen LogP contribution in [0.5, 0.6) is 0 Å². The van der Waals surface area contributed by atoms with E-state index in [1.807, 2.05) is 46.9 Å². The maximum absolute atomic E-state index is 4.16. The van der Waals surface area contributed by atoms with E-state index in [1.165, 1.54) is 0 Å². The summed E-state index contributed by atoms with van der Waals surface area (Å²) in [7, 11) is 0. The molecule has 2 rings (SSSR count). The molecule has 0 radical (unpaired) electrons. The summed E-state index contributed by atoms with van der Waals surface area (Å²) < 4.78 is 1.67. The largest absolute Gasteiger partial charge is 0.256 e. The van der Waals surface area contributed by atoms with E-state index in [1.54, 1.807) is 23.3 Å². The van der Waals surface area contributed by atoms with Crippen molar-refractivity contribution in [1.82, 2.24) is 19.7 Å². The molecule has 2 aromatic heterocycles. The summed E-state index contributed by atoms with van der Waals surface area (Å²) in [5.74, 6) is 0.741. The van der Waals surface area contributed by atoms with E-state index in [-0.39, 0.29) is 0 Å². The molecule has 0 aliphatic heterocycles. The highest BCUT2D eigenvalue weighted by Crippen LogP contribution is 1.99. The van der Waals surface area contributed by atoms with Crippen molar-refractivity contribution in [2.24, 2.45) is 0 Å². The molecule has 0 amide bonds. The van der Waals surface area contributed by atoms with Gasteiger partial charge >= 0.3 is 0 Å². The van der Waals surface area contributed by atoms with Crippen LogP contribution in [0.15, 0.2) is 30.9 Å². The molecule has 88 valence electrons. The Bertz CT molecular complexity index is 351. The first-order chi connectivity index (χ1) is 7.86. The fraction of sp³-hybridized carbons (Fsp3) is 0.417. The molecule has 0 unspecified atom stereocenters. The molecule has 0 saturated carbocycles. The van der Waals surface area contributed by atoms with Gasteiger partial charge in [-0.15, -0.1) is 0 Å². The molecule has 0 spiro atoms. The first-order valence-corrected chi connectivity index (χ1v) is 5.65. The van der Waals surface area contributed by atoms with Crippen molar-refractivity contribution in [3.8, 4) is 5.82 Å². The van der Waals surface area contributed by atoms with Crippen LogP contribution in [-0.2, 0) is 0 Å². The quantitative estimate of drug-likeness (QED) is 0.742. The average molecular weight is 220 g/mol. The standard InChI is InChI=1S/C8H8N4.2C2H6/c1-7-5-10-8(6-9-7)12-4-2-3-11-12;2*1-2/h2-6H,1H3;2*1-2H3. The minimum Gasteiger partial charge on any atom is -0.256 e. The first-order valence-electron chi connectivity index (χ1n) is 5.65. The molecule has 0 aliphatic rings. The van der Waals surface area contributed by atoms with Crippen LogP contribution in [0, 0.1) is 6.92 Å². The van der Waals surface area contributed by atoms with Crippen molar-refractivity contribution in [2.75, 3.05) is 0 Å². The van der Waals surface area contributed by atoms with Gasteiger partial charge in [0.05, 0.1) is 18.1 Å². The topological polar surface area (TPSA) is 43.6 Å². The Kier molecular flexibility index (Phi) is 7.67. The molecular weight excluding hydrogens is 200 g/mol. The lowest BCUT2D eigenvalue weighted by Crippen LogP contribution is -1.98. The lowest BCUT2D eigenvalue weighted by atomic mass is 10.5. The fourth-order valence-electron chi connectivity index (χ4n) is 0.908. The number of rotatable bonds is 1. The van der Waals surface area contributed by atoms with Crippen LogP contribution in [0.2, 0.25) is 0 Å². The molecule has 0 bridgehead atoms. The van der Waals surface area contributed by atoms with Gasteiger partial charge in [0.25, 0.3) is 0 Å². The Morgan fingerprint density at radius 1 is 1.00 bits per heavy atom. The number of nitrogens with zero attached hydrogens (tertiary/aromatic N) is 4. The zero-order chi connectivity index (χ0) is 12.4. The summed E-state index contributed by atoms with van der Waals surface area (Å²) in [6.45, 7) is 9.90. The van der Waals surface area contributed by atoms with Crippen LogP contribution < -0.4 is 0 Å². The summed E-state index contributed by atoms with van der Waals surface area (Å²) in [6.07, 6.45) is 6.96. The second-order valence-electron chi connectivity index (χ2n) is 2.47. The molecule has 2 heterocycles. The molecule has 4 nitrogen and oxygen atoms in total. The lowest BCUT2D eigenvalue weighted by Gasteiger charge is -1.98. The third-order valence-corrected chi connectivity index (χ3v) is 1.51. The molecule has 2 aromatic rings. The Morgan fingerprint density at radius 3 is 2.12 bits per heavy atom. The molecule has 16 heavy (non-hydrogen) atoms. The molecule has 0 fully saturated rings. The maximum Gasteiger partial charge on any atom is 0.171 e. The SMILES string of the molecule is CC.CC.Cc1cnc(-n2cccn2)cn1. The van der Waals surface area contributed by atoms with Crippen molar-refractivity contribution < 1.29 is 0 Å².